The number of halogens is 1. The number of hydrogen-bond acceptors (Lipinski definition) is 5. The lowest BCUT2D eigenvalue weighted by molar-refractivity contribution is 0.0527. The van der Waals surface area contributed by atoms with E-state index < -0.39 is 5.97 Å². The Balaban J connectivity index is 2.56. The van der Waals surface area contributed by atoms with E-state index in [1.54, 1.807) is 20.8 Å². The Morgan fingerprint density at radius 1 is 1.50 bits per heavy atom. The molecular formula is C13H15ClN4O2. The van der Waals surface area contributed by atoms with E-state index in [-0.39, 0.29) is 17.9 Å². The highest BCUT2D eigenvalue weighted by Gasteiger charge is 2.19. The van der Waals surface area contributed by atoms with E-state index >= 15 is 0 Å². The number of nitrogens with two attached hydrogens (primary N) is 1. The fourth-order valence-electron chi connectivity index (χ4n) is 1.85. The van der Waals surface area contributed by atoms with Crippen LogP contribution in [-0.2, 0) is 4.74 Å². The Morgan fingerprint density at radius 3 is 2.75 bits per heavy atom. The summed E-state index contributed by atoms with van der Waals surface area (Å²) in [5.74, 6) is -0.121. The molecule has 0 aliphatic carbocycles. The maximum atomic E-state index is 11.8. The predicted octanol–water partition coefficient (Wildman–Crippen LogP) is 2.30. The van der Waals surface area contributed by atoms with Crippen LogP contribution in [-0.4, -0.2) is 27.3 Å². The number of hydrogen-bond donors (Lipinski definition) is 1. The maximum absolute atomic E-state index is 11.8. The molecule has 0 aliphatic rings. The van der Waals surface area contributed by atoms with E-state index in [4.69, 9.17) is 22.1 Å². The second-order valence-corrected chi connectivity index (χ2v) is 4.59. The number of pyridine rings is 1. The van der Waals surface area contributed by atoms with E-state index in [2.05, 4.69) is 10.1 Å². The highest BCUT2D eigenvalue weighted by Crippen LogP contribution is 2.26. The lowest BCUT2D eigenvalue weighted by atomic mass is 10.2. The first-order valence-corrected chi connectivity index (χ1v) is 6.48. The molecule has 0 aromatic carbocycles. The molecule has 2 N–H and O–H groups in total. The summed E-state index contributed by atoms with van der Waals surface area (Å²) in [6.45, 7) is 5.61. The van der Waals surface area contributed by atoms with Gasteiger partial charge in [-0.2, -0.15) is 5.10 Å². The van der Waals surface area contributed by atoms with Crippen LogP contribution in [0.15, 0.2) is 12.3 Å². The zero-order valence-electron chi connectivity index (χ0n) is 11.5. The normalized spacial score (nSPS) is 10.6. The van der Waals surface area contributed by atoms with Gasteiger partial charge in [-0.15, -0.1) is 0 Å². The van der Waals surface area contributed by atoms with Gasteiger partial charge < -0.3 is 10.5 Å². The summed E-state index contributed by atoms with van der Waals surface area (Å²) in [5.41, 5.74) is 7.87. The predicted molar refractivity (Wildman–Crippen MR) is 76.2 cm³/mol. The highest BCUT2D eigenvalue weighted by molar-refractivity contribution is 6.31. The van der Waals surface area contributed by atoms with Crippen LogP contribution in [0.5, 0.6) is 0 Å². The SMILES string of the molecule is CCOC(=O)c1ccnc(-n2nc(C)c(Cl)c2C)c1N. The molecule has 2 heterocycles. The zero-order chi connectivity index (χ0) is 14.9. The largest absolute Gasteiger partial charge is 0.462 e. The highest BCUT2D eigenvalue weighted by atomic mass is 35.5. The Hall–Kier alpha value is -2.08. The summed E-state index contributed by atoms with van der Waals surface area (Å²) >= 11 is 6.11. The number of ether oxygens (including phenoxy) is 1. The Labute approximate surface area is 121 Å². The summed E-state index contributed by atoms with van der Waals surface area (Å²) in [6, 6.07) is 1.52. The fraction of sp³-hybridized carbons (Fsp3) is 0.308. The number of nitrogens with zero attached hydrogens (tertiary/aromatic N) is 3. The van der Waals surface area contributed by atoms with Crippen molar-refractivity contribution >= 4 is 23.3 Å². The van der Waals surface area contributed by atoms with E-state index in [0.29, 0.717) is 22.2 Å². The van der Waals surface area contributed by atoms with Crippen LogP contribution in [0.1, 0.15) is 28.7 Å². The molecule has 0 saturated heterocycles. The zero-order valence-corrected chi connectivity index (χ0v) is 12.2. The van der Waals surface area contributed by atoms with Gasteiger partial charge in [0, 0.05) is 6.20 Å². The minimum Gasteiger partial charge on any atom is -0.462 e. The van der Waals surface area contributed by atoms with Crippen LogP contribution in [0.4, 0.5) is 5.69 Å². The van der Waals surface area contributed by atoms with E-state index in [0.717, 1.165) is 0 Å². The Morgan fingerprint density at radius 2 is 2.20 bits per heavy atom. The van der Waals surface area contributed by atoms with Crippen molar-refractivity contribution in [3.63, 3.8) is 0 Å². The van der Waals surface area contributed by atoms with Gasteiger partial charge in [-0.3, -0.25) is 0 Å². The number of rotatable bonds is 3. The third kappa shape index (κ3) is 2.34. The molecule has 0 bridgehead atoms. The number of aryl methyl sites for hydroxylation is 1. The number of nitrogen functional groups attached to an aromatic ring is 1. The third-order valence-corrected chi connectivity index (χ3v) is 3.42. The fourth-order valence-corrected chi connectivity index (χ4v) is 1.97. The van der Waals surface area contributed by atoms with E-state index in [1.165, 1.54) is 16.9 Å². The first-order valence-electron chi connectivity index (χ1n) is 6.11. The molecule has 2 aromatic heterocycles. The molecule has 0 spiro atoms. The molecule has 2 rings (SSSR count). The standard InChI is InChI=1S/C13H15ClN4O2/c1-4-20-13(19)9-5-6-16-12(11(9)15)18-8(3)10(14)7(2)17-18/h5-6H,4,15H2,1-3H3. The molecule has 0 atom stereocenters. The Bertz CT molecular complexity index is 667. The van der Waals surface area contributed by atoms with Gasteiger partial charge >= 0.3 is 5.97 Å². The molecule has 20 heavy (non-hydrogen) atoms. The summed E-state index contributed by atoms with van der Waals surface area (Å²) in [5, 5.41) is 4.83. The van der Waals surface area contributed by atoms with Crippen molar-refractivity contribution in [3.8, 4) is 5.82 Å². The Kier molecular flexibility index (Phi) is 3.94. The summed E-state index contributed by atoms with van der Waals surface area (Å²) in [7, 11) is 0. The monoisotopic (exact) mass is 294 g/mol. The summed E-state index contributed by atoms with van der Waals surface area (Å²) in [6.07, 6.45) is 1.49. The molecule has 0 radical (unpaired) electrons. The van der Waals surface area contributed by atoms with E-state index in [1.807, 2.05) is 0 Å². The van der Waals surface area contributed by atoms with Crippen molar-refractivity contribution in [2.45, 2.75) is 20.8 Å². The minimum absolute atomic E-state index is 0.216. The molecular weight excluding hydrogens is 280 g/mol. The second kappa shape index (κ2) is 5.50. The molecule has 0 fully saturated rings. The van der Waals surface area contributed by atoms with Crippen LogP contribution in [0.25, 0.3) is 5.82 Å². The number of esters is 1. The van der Waals surface area contributed by atoms with Crippen LogP contribution in [0.2, 0.25) is 5.02 Å². The number of anilines is 1. The van der Waals surface area contributed by atoms with Gasteiger partial charge in [0.2, 0.25) is 0 Å². The van der Waals surface area contributed by atoms with Gasteiger partial charge in [0.25, 0.3) is 0 Å². The van der Waals surface area contributed by atoms with Gasteiger partial charge in [-0.1, -0.05) is 11.6 Å². The van der Waals surface area contributed by atoms with Gasteiger partial charge in [0.1, 0.15) is 0 Å². The van der Waals surface area contributed by atoms with Gasteiger partial charge in [0.05, 0.1) is 34.3 Å². The van der Waals surface area contributed by atoms with Gasteiger partial charge in [0.15, 0.2) is 5.82 Å². The van der Waals surface area contributed by atoms with Crippen molar-refractivity contribution in [2.75, 3.05) is 12.3 Å². The van der Waals surface area contributed by atoms with Crippen molar-refractivity contribution in [3.05, 3.63) is 34.2 Å². The number of carbonyl (C=O) groups excluding carboxylic acids is 1. The summed E-state index contributed by atoms with van der Waals surface area (Å²) < 4.78 is 6.48. The molecule has 0 aliphatic heterocycles. The average molecular weight is 295 g/mol. The number of aromatic nitrogens is 3. The van der Waals surface area contributed by atoms with Crippen molar-refractivity contribution < 1.29 is 9.53 Å². The molecule has 0 amide bonds. The lowest BCUT2D eigenvalue weighted by Crippen LogP contribution is -2.13. The van der Waals surface area contributed by atoms with Crippen LogP contribution < -0.4 is 5.73 Å². The maximum Gasteiger partial charge on any atom is 0.340 e. The first kappa shape index (κ1) is 14.3. The molecule has 0 unspecified atom stereocenters. The van der Waals surface area contributed by atoms with Crippen LogP contribution in [0, 0.1) is 13.8 Å². The second-order valence-electron chi connectivity index (χ2n) is 4.21. The molecule has 0 saturated carbocycles. The lowest BCUT2D eigenvalue weighted by Gasteiger charge is -2.10. The quantitative estimate of drug-likeness (QED) is 0.878. The van der Waals surface area contributed by atoms with Crippen molar-refractivity contribution in [2.24, 2.45) is 0 Å². The number of carbonyl (C=O) groups is 1. The van der Waals surface area contributed by atoms with Crippen LogP contribution in [0.3, 0.4) is 0 Å². The van der Waals surface area contributed by atoms with E-state index in [9.17, 15) is 4.79 Å². The topological polar surface area (TPSA) is 83.0 Å². The smallest absolute Gasteiger partial charge is 0.340 e. The molecule has 7 heteroatoms. The molecule has 6 nitrogen and oxygen atoms in total. The minimum atomic E-state index is -0.485. The van der Waals surface area contributed by atoms with Gasteiger partial charge in [-0.25, -0.2) is 14.5 Å². The first-order chi connectivity index (χ1) is 9.47. The average Bonchev–Trinajstić information content (AvgIpc) is 2.67. The van der Waals surface area contributed by atoms with Crippen LogP contribution >= 0.6 is 11.6 Å². The third-order valence-electron chi connectivity index (χ3n) is 2.87. The molecule has 2 aromatic rings. The summed E-state index contributed by atoms with van der Waals surface area (Å²) in [4.78, 5) is 16.0. The molecule has 106 valence electrons. The van der Waals surface area contributed by atoms with Crippen molar-refractivity contribution in [1.29, 1.82) is 0 Å². The van der Waals surface area contributed by atoms with Gasteiger partial charge in [-0.05, 0) is 26.8 Å². The van der Waals surface area contributed by atoms with Crippen molar-refractivity contribution in [1.82, 2.24) is 14.8 Å².